The van der Waals surface area contributed by atoms with Gasteiger partial charge in [-0.05, 0) is 6.42 Å². The van der Waals surface area contributed by atoms with E-state index in [1.165, 1.54) is 11.8 Å². The number of amides is 2. The molecule has 0 heterocycles. The van der Waals surface area contributed by atoms with Crippen molar-refractivity contribution >= 4 is 23.6 Å². The molecule has 0 aliphatic heterocycles. The highest BCUT2D eigenvalue weighted by atomic mass is 32.2. The third kappa shape index (κ3) is 17.9. The summed E-state index contributed by atoms with van der Waals surface area (Å²) in [6.45, 7) is 6.82. The third-order valence-corrected chi connectivity index (χ3v) is 3.99. The summed E-state index contributed by atoms with van der Waals surface area (Å²) in [5.41, 5.74) is 10.5. The summed E-state index contributed by atoms with van der Waals surface area (Å²) in [4.78, 5) is 22.3. The molecular weight excluding hydrogens is 362 g/mol. The highest BCUT2D eigenvalue weighted by Gasteiger charge is 2.10. The number of rotatable bonds is 19. The monoisotopic (exact) mass is 395 g/mol. The minimum Gasteiger partial charge on any atom is -0.379 e. The van der Waals surface area contributed by atoms with E-state index in [-0.39, 0.29) is 11.7 Å². The Morgan fingerprint density at radius 1 is 0.923 bits per heavy atom. The van der Waals surface area contributed by atoms with Crippen LogP contribution >= 0.6 is 11.8 Å². The van der Waals surface area contributed by atoms with Gasteiger partial charge in [0.05, 0.1) is 58.0 Å². The molecule has 0 aromatic heterocycles. The standard InChI is InChI=1S/C16H33N3O6S/c1-2-4-22-6-8-24-10-11-25-9-7-23-5-3-19-15(20)13-26-12-14(17)16(18)21/h14H,2-13,17H2,1H3,(H2,18,21)(H,19,20)/t14-/m0/s1. The summed E-state index contributed by atoms with van der Waals surface area (Å²) >= 11 is 1.27. The number of nitrogens with one attached hydrogen (secondary N) is 1. The Bertz CT molecular complexity index is 363. The molecule has 0 saturated carbocycles. The molecule has 0 aliphatic carbocycles. The number of carbonyl (C=O) groups excluding carboxylic acids is 2. The second kappa shape index (κ2) is 18.9. The largest absolute Gasteiger partial charge is 0.379 e. The second-order valence-electron chi connectivity index (χ2n) is 5.32. The van der Waals surface area contributed by atoms with E-state index in [4.69, 9.17) is 30.4 Å². The van der Waals surface area contributed by atoms with Gasteiger partial charge in [0, 0.05) is 18.9 Å². The molecule has 0 unspecified atom stereocenters. The number of carbonyl (C=O) groups is 2. The molecule has 0 bridgehead atoms. The van der Waals surface area contributed by atoms with Gasteiger partial charge in [0.2, 0.25) is 11.8 Å². The first kappa shape index (κ1) is 25.1. The lowest BCUT2D eigenvalue weighted by molar-refractivity contribution is -0.119. The van der Waals surface area contributed by atoms with Gasteiger partial charge in [0.25, 0.3) is 0 Å². The molecule has 1 atom stereocenters. The van der Waals surface area contributed by atoms with E-state index in [1.54, 1.807) is 0 Å². The SMILES string of the molecule is CCCOCCOCCOCCOCCNC(=O)CSC[C@H](N)C(N)=O. The maximum Gasteiger partial charge on any atom is 0.235 e. The lowest BCUT2D eigenvalue weighted by atomic mass is 10.3. The first-order valence-corrected chi connectivity index (χ1v) is 9.93. The predicted octanol–water partition coefficient (Wildman–Crippen LogP) is -0.875. The fraction of sp³-hybridized carbons (Fsp3) is 0.875. The summed E-state index contributed by atoms with van der Waals surface area (Å²) in [5.74, 6) is -0.146. The van der Waals surface area contributed by atoms with Gasteiger partial charge in [0.15, 0.2) is 0 Å². The Morgan fingerprint density at radius 2 is 1.42 bits per heavy atom. The van der Waals surface area contributed by atoms with Crippen LogP contribution in [0, 0.1) is 0 Å². The zero-order chi connectivity index (χ0) is 19.5. The van der Waals surface area contributed by atoms with Crippen molar-refractivity contribution in [3.8, 4) is 0 Å². The summed E-state index contributed by atoms with van der Waals surface area (Å²) in [6, 6.07) is -0.726. The van der Waals surface area contributed by atoms with Crippen molar-refractivity contribution in [2.45, 2.75) is 19.4 Å². The zero-order valence-corrected chi connectivity index (χ0v) is 16.4. The molecule has 0 aliphatic rings. The molecule has 5 N–H and O–H groups in total. The average molecular weight is 396 g/mol. The van der Waals surface area contributed by atoms with Crippen molar-refractivity contribution in [2.75, 3.05) is 70.9 Å². The Morgan fingerprint density at radius 3 is 1.92 bits per heavy atom. The quantitative estimate of drug-likeness (QED) is 0.240. The predicted molar refractivity (Wildman–Crippen MR) is 101 cm³/mol. The van der Waals surface area contributed by atoms with Crippen molar-refractivity contribution in [1.82, 2.24) is 5.32 Å². The van der Waals surface area contributed by atoms with Crippen LogP contribution in [0.4, 0.5) is 0 Å². The van der Waals surface area contributed by atoms with Crippen LogP contribution < -0.4 is 16.8 Å². The maximum absolute atomic E-state index is 11.5. The topological polar surface area (TPSA) is 135 Å². The van der Waals surface area contributed by atoms with Gasteiger partial charge in [-0.15, -0.1) is 11.8 Å². The molecule has 2 amide bonds. The van der Waals surface area contributed by atoms with Crippen LogP contribution in [-0.2, 0) is 28.5 Å². The van der Waals surface area contributed by atoms with Crippen LogP contribution in [-0.4, -0.2) is 88.8 Å². The molecule has 0 fully saturated rings. The number of thioether (sulfide) groups is 1. The van der Waals surface area contributed by atoms with E-state index in [0.29, 0.717) is 58.5 Å². The van der Waals surface area contributed by atoms with E-state index < -0.39 is 11.9 Å². The van der Waals surface area contributed by atoms with E-state index in [9.17, 15) is 9.59 Å². The fourth-order valence-electron chi connectivity index (χ4n) is 1.58. The van der Waals surface area contributed by atoms with Crippen LogP contribution in [0.3, 0.4) is 0 Å². The van der Waals surface area contributed by atoms with Crippen LogP contribution in [0.2, 0.25) is 0 Å². The normalized spacial score (nSPS) is 12.1. The Hall–Kier alpha value is -0.910. The van der Waals surface area contributed by atoms with Crippen LogP contribution in [0.25, 0.3) is 0 Å². The Balaban J connectivity index is 3.21. The van der Waals surface area contributed by atoms with Crippen LogP contribution in [0.1, 0.15) is 13.3 Å². The first-order chi connectivity index (χ1) is 12.6. The van der Waals surface area contributed by atoms with Gasteiger partial charge in [-0.25, -0.2) is 0 Å². The average Bonchev–Trinajstić information content (AvgIpc) is 2.61. The van der Waals surface area contributed by atoms with Gasteiger partial charge in [-0.2, -0.15) is 0 Å². The van der Waals surface area contributed by atoms with Crippen molar-refractivity contribution < 1.29 is 28.5 Å². The minimum atomic E-state index is -0.726. The van der Waals surface area contributed by atoms with E-state index >= 15 is 0 Å². The van der Waals surface area contributed by atoms with Gasteiger partial charge < -0.3 is 35.7 Å². The summed E-state index contributed by atoms with van der Waals surface area (Å²) in [7, 11) is 0. The Kier molecular flexibility index (Phi) is 18.2. The van der Waals surface area contributed by atoms with Gasteiger partial charge in [-0.3, -0.25) is 9.59 Å². The van der Waals surface area contributed by atoms with Crippen molar-refractivity contribution in [3.63, 3.8) is 0 Å². The lowest BCUT2D eigenvalue weighted by Gasteiger charge is -2.09. The summed E-state index contributed by atoms with van der Waals surface area (Å²) < 4.78 is 21.3. The maximum atomic E-state index is 11.5. The zero-order valence-electron chi connectivity index (χ0n) is 15.6. The second-order valence-corrected chi connectivity index (χ2v) is 6.35. The molecular formula is C16H33N3O6S. The molecule has 0 rings (SSSR count). The van der Waals surface area contributed by atoms with E-state index in [0.717, 1.165) is 13.0 Å². The molecule has 0 aromatic carbocycles. The van der Waals surface area contributed by atoms with E-state index in [2.05, 4.69) is 12.2 Å². The molecule has 0 aromatic rings. The van der Waals surface area contributed by atoms with Gasteiger partial charge in [-0.1, -0.05) is 6.92 Å². The summed E-state index contributed by atoms with van der Waals surface area (Å²) in [5, 5.41) is 2.71. The van der Waals surface area contributed by atoms with Crippen molar-refractivity contribution in [1.29, 1.82) is 0 Å². The highest BCUT2D eigenvalue weighted by Crippen LogP contribution is 2.00. The molecule has 26 heavy (non-hydrogen) atoms. The van der Waals surface area contributed by atoms with Crippen LogP contribution in [0.5, 0.6) is 0 Å². The van der Waals surface area contributed by atoms with Crippen molar-refractivity contribution in [2.24, 2.45) is 11.5 Å². The fourth-order valence-corrected chi connectivity index (χ4v) is 2.40. The molecule has 10 heteroatoms. The molecule has 0 spiro atoms. The number of hydrogen-bond donors (Lipinski definition) is 3. The van der Waals surface area contributed by atoms with Gasteiger partial charge >= 0.3 is 0 Å². The minimum absolute atomic E-state index is 0.133. The first-order valence-electron chi connectivity index (χ1n) is 8.78. The van der Waals surface area contributed by atoms with Crippen LogP contribution in [0.15, 0.2) is 0 Å². The molecule has 0 saturated heterocycles. The summed E-state index contributed by atoms with van der Waals surface area (Å²) in [6.07, 6.45) is 1.01. The number of primary amides is 1. The molecule has 9 nitrogen and oxygen atoms in total. The van der Waals surface area contributed by atoms with Crippen molar-refractivity contribution in [3.05, 3.63) is 0 Å². The molecule has 0 radical (unpaired) electrons. The third-order valence-electron chi connectivity index (χ3n) is 2.93. The lowest BCUT2D eigenvalue weighted by Crippen LogP contribution is -2.39. The van der Waals surface area contributed by atoms with E-state index in [1.807, 2.05) is 0 Å². The Labute approximate surface area is 159 Å². The number of nitrogens with two attached hydrogens (primary N) is 2. The highest BCUT2D eigenvalue weighted by molar-refractivity contribution is 8.00. The number of hydrogen-bond acceptors (Lipinski definition) is 8. The smallest absolute Gasteiger partial charge is 0.235 e. The van der Waals surface area contributed by atoms with Gasteiger partial charge in [0.1, 0.15) is 0 Å². The molecule has 154 valence electrons. The number of ether oxygens (including phenoxy) is 4.